The fourth-order valence-electron chi connectivity index (χ4n) is 3.43. The van der Waals surface area contributed by atoms with Crippen LogP contribution in [0.25, 0.3) is 0 Å². The predicted molar refractivity (Wildman–Crippen MR) is 132 cm³/mol. The van der Waals surface area contributed by atoms with Crippen molar-refractivity contribution in [2.75, 3.05) is 30.9 Å². The van der Waals surface area contributed by atoms with Crippen LogP contribution < -0.4 is 20.9 Å². The first-order valence-electron chi connectivity index (χ1n) is 11.0. The summed E-state index contributed by atoms with van der Waals surface area (Å²) in [7, 11) is 3.94. The van der Waals surface area contributed by atoms with Crippen molar-refractivity contribution in [3.63, 3.8) is 0 Å². The molecular formula is C25H37N5O2. The molecule has 2 aromatic carbocycles. The van der Waals surface area contributed by atoms with Gasteiger partial charge in [0.15, 0.2) is 0 Å². The van der Waals surface area contributed by atoms with Crippen LogP contribution in [0.3, 0.4) is 0 Å². The Bertz CT molecular complexity index is 906. The minimum absolute atomic E-state index is 0.138. The molecule has 0 spiro atoms. The number of nitrogens with one attached hydrogen (secondary N) is 3. The molecule has 174 valence electrons. The van der Waals surface area contributed by atoms with E-state index in [0.717, 1.165) is 16.8 Å². The molecule has 0 aromatic heterocycles. The summed E-state index contributed by atoms with van der Waals surface area (Å²) in [6, 6.07) is 15.2. The molecule has 32 heavy (non-hydrogen) atoms. The Morgan fingerprint density at radius 2 is 1.69 bits per heavy atom. The lowest BCUT2D eigenvalue weighted by atomic mass is 10.0. The zero-order valence-corrected chi connectivity index (χ0v) is 20.3. The van der Waals surface area contributed by atoms with E-state index in [2.05, 4.69) is 16.0 Å². The van der Waals surface area contributed by atoms with E-state index in [-0.39, 0.29) is 23.6 Å². The summed E-state index contributed by atoms with van der Waals surface area (Å²) in [5.41, 5.74) is 3.30. The number of hydrogen-bond donors (Lipinski definition) is 3. The minimum atomic E-state index is -0.363. The zero-order chi connectivity index (χ0) is 23.9. The molecule has 0 aliphatic carbocycles. The maximum Gasteiger partial charge on any atom is 0.319 e. The van der Waals surface area contributed by atoms with Crippen molar-refractivity contribution in [3.05, 3.63) is 59.7 Å². The highest BCUT2D eigenvalue weighted by atomic mass is 16.2. The van der Waals surface area contributed by atoms with Crippen LogP contribution in [0.1, 0.15) is 51.8 Å². The largest absolute Gasteiger partial charge is 0.377 e. The van der Waals surface area contributed by atoms with Crippen molar-refractivity contribution >= 4 is 23.4 Å². The molecule has 3 N–H and O–H groups in total. The lowest BCUT2D eigenvalue weighted by molar-refractivity contribution is 0.167. The number of hydrogen-bond acceptors (Lipinski definition) is 3. The first-order chi connectivity index (χ1) is 15.0. The van der Waals surface area contributed by atoms with Crippen molar-refractivity contribution in [2.45, 2.75) is 52.7 Å². The number of amides is 4. The second-order valence-corrected chi connectivity index (χ2v) is 9.12. The van der Waals surface area contributed by atoms with Crippen molar-refractivity contribution in [1.82, 2.24) is 15.5 Å². The molecule has 0 aliphatic heterocycles. The summed E-state index contributed by atoms with van der Waals surface area (Å²) in [5.74, 6) is 0. The number of carbonyl (C=O) groups excluding carboxylic acids is 2. The van der Waals surface area contributed by atoms with E-state index < -0.39 is 0 Å². The predicted octanol–water partition coefficient (Wildman–Crippen LogP) is 4.97. The van der Waals surface area contributed by atoms with Crippen molar-refractivity contribution in [2.24, 2.45) is 0 Å². The van der Waals surface area contributed by atoms with Gasteiger partial charge in [-0.25, -0.2) is 9.59 Å². The van der Waals surface area contributed by atoms with E-state index in [1.807, 2.05) is 107 Å². The fraction of sp³-hybridized carbons (Fsp3) is 0.440. The zero-order valence-electron chi connectivity index (χ0n) is 20.3. The number of urea groups is 2. The first kappa shape index (κ1) is 25.0. The molecule has 0 saturated heterocycles. The molecule has 0 radical (unpaired) electrons. The maximum absolute atomic E-state index is 13.3. The molecule has 0 bridgehead atoms. The Balaban J connectivity index is 2.43. The maximum atomic E-state index is 13.3. The van der Waals surface area contributed by atoms with Crippen molar-refractivity contribution in [3.8, 4) is 0 Å². The van der Waals surface area contributed by atoms with Gasteiger partial charge in [0.05, 0.1) is 12.6 Å². The molecule has 1 atom stereocenters. The number of benzene rings is 2. The summed E-state index contributed by atoms with van der Waals surface area (Å²) < 4.78 is 0. The van der Waals surface area contributed by atoms with Gasteiger partial charge in [-0.3, -0.25) is 0 Å². The first-order valence-corrected chi connectivity index (χ1v) is 11.0. The molecule has 0 saturated carbocycles. The summed E-state index contributed by atoms with van der Waals surface area (Å²) in [6.07, 6.45) is 0. The van der Waals surface area contributed by atoms with E-state index in [0.29, 0.717) is 18.8 Å². The van der Waals surface area contributed by atoms with Gasteiger partial charge in [0.1, 0.15) is 0 Å². The third-order valence-electron chi connectivity index (χ3n) is 4.99. The molecular weight excluding hydrogens is 402 g/mol. The normalized spacial score (nSPS) is 12.0. The van der Waals surface area contributed by atoms with Crippen LogP contribution in [-0.2, 0) is 6.54 Å². The van der Waals surface area contributed by atoms with Gasteiger partial charge in [0.25, 0.3) is 0 Å². The second kappa shape index (κ2) is 10.9. The molecule has 7 nitrogen and oxygen atoms in total. The van der Waals surface area contributed by atoms with Crippen LogP contribution in [0.4, 0.5) is 21.0 Å². The minimum Gasteiger partial charge on any atom is -0.377 e. The Morgan fingerprint density at radius 3 is 2.25 bits per heavy atom. The summed E-state index contributed by atoms with van der Waals surface area (Å²) in [5, 5.41) is 8.70. The van der Waals surface area contributed by atoms with Crippen molar-refractivity contribution in [1.29, 1.82) is 0 Å². The van der Waals surface area contributed by atoms with E-state index in [1.165, 1.54) is 0 Å². The molecule has 0 fully saturated rings. The molecule has 7 heteroatoms. The van der Waals surface area contributed by atoms with Crippen LogP contribution in [-0.4, -0.2) is 43.1 Å². The highest BCUT2D eigenvalue weighted by Gasteiger charge is 2.26. The molecule has 1 unspecified atom stereocenters. The average Bonchev–Trinajstić information content (AvgIpc) is 2.71. The smallest absolute Gasteiger partial charge is 0.319 e. The van der Waals surface area contributed by atoms with Gasteiger partial charge in [0, 0.05) is 37.6 Å². The van der Waals surface area contributed by atoms with Gasteiger partial charge in [0.2, 0.25) is 0 Å². The van der Waals surface area contributed by atoms with Gasteiger partial charge in [-0.2, -0.15) is 0 Å². The summed E-state index contributed by atoms with van der Waals surface area (Å²) in [6.45, 7) is 10.7. The number of rotatable bonds is 7. The van der Waals surface area contributed by atoms with E-state index in [9.17, 15) is 9.59 Å². The molecule has 2 aromatic rings. The molecule has 4 amide bonds. The Kier molecular flexibility index (Phi) is 8.52. The average molecular weight is 440 g/mol. The van der Waals surface area contributed by atoms with Crippen LogP contribution in [0.5, 0.6) is 0 Å². The van der Waals surface area contributed by atoms with Gasteiger partial charge in [-0.15, -0.1) is 0 Å². The van der Waals surface area contributed by atoms with E-state index >= 15 is 0 Å². The number of carbonyl (C=O) groups is 2. The molecule has 2 rings (SSSR count). The monoisotopic (exact) mass is 439 g/mol. The Morgan fingerprint density at radius 1 is 1.03 bits per heavy atom. The standard InChI is InChI=1S/C25H37N5O2/c1-8-26-23(31)27-21-14-15-22(29(6)7)20(16-21)17-30(24(32)28-25(3,4)5)18(2)19-12-10-9-11-13-19/h9-16,18H,8,17H2,1-7H3,(H,28,32)(H2,26,27,31). The second-order valence-electron chi connectivity index (χ2n) is 9.12. The number of anilines is 2. The Labute approximate surface area is 192 Å². The van der Waals surface area contributed by atoms with Gasteiger partial charge in [-0.1, -0.05) is 30.3 Å². The lowest BCUT2D eigenvalue weighted by Gasteiger charge is -2.34. The van der Waals surface area contributed by atoms with Gasteiger partial charge >= 0.3 is 12.1 Å². The van der Waals surface area contributed by atoms with Crippen LogP contribution in [0.15, 0.2) is 48.5 Å². The highest BCUT2D eigenvalue weighted by Crippen LogP contribution is 2.29. The van der Waals surface area contributed by atoms with Crippen LogP contribution in [0.2, 0.25) is 0 Å². The van der Waals surface area contributed by atoms with Gasteiger partial charge in [-0.05, 0) is 63.9 Å². The number of nitrogens with zero attached hydrogens (tertiary/aromatic N) is 2. The topological polar surface area (TPSA) is 76.7 Å². The third kappa shape index (κ3) is 7.18. The molecule has 0 heterocycles. The van der Waals surface area contributed by atoms with Gasteiger partial charge < -0.3 is 25.8 Å². The fourth-order valence-corrected chi connectivity index (χ4v) is 3.43. The molecule has 0 aliphatic rings. The van der Waals surface area contributed by atoms with E-state index in [1.54, 1.807) is 0 Å². The highest BCUT2D eigenvalue weighted by molar-refractivity contribution is 5.89. The third-order valence-corrected chi connectivity index (χ3v) is 4.99. The van der Waals surface area contributed by atoms with Crippen LogP contribution >= 0.6 is 0 Å². The SMILES string of the molecule is CCNC(=O)Nc1ccc(N(C)C)c(CN(C(=O)NC(C)(C)C)C(C)c2ccccc2)c1. The summed E-state index contributed by atoms with van der Waals surface area (Å²) >= 11 is 0. The quantitative estimate of drug-likeness (QED) is 0.570. The lowest BCUT2D eigenvalue weighted by Crippen LogP contribution is -2.49. The Hall–Kier alpha value is -3.22. The van der Waals surface area contributed by atoms with E-state index in [4.69, 9.17) is 0 Å². The van der Waals surface area contributed by atoms with Crippen molar-refractivity contribution < 1.29 is 9.59 Å². The van der Waals surface area contributed by atoms with Crippen LogP contribution in [0, 0.1) is 0 Å². The summed E-state index contributed by atoms with van der Waals surface area (Å²) in [4.78, 5) is 29.2.